The minimum atomic E-state index is 0.752. The van der Waals surface area contributed by atoms with E-state index >= 15 is 0 Å². The van der Waals surface area contributed by atoms with E-state index in [2.05, 4.69) is 42.1 Å². The first kappa shape index (κ1) is 15.3. The molecule has 1 N–H and O–H groups in total. The van der Waals surface area contributed by atoms with Gasteiger partial charge in [0.1, 0.15) is 0 Å². The van der Waals surface area contributed by atoms with Gasteiger partial charge in [-0.05, 0) is 58.0 Å². The lowest BCUT2D eigenvalue weighted by Gasteiger charge is -2.30. The molecule has 0 saturated carbocycles. The molecule has 1 fully saturated rings. The molecule has 0 radical (unpaired) electrons. The van der Waals surface area contributed by atoms with Crippen LogP contribution in [0.2, 0.25) is 0 Å². The second-order valence-corrected chi connectivity index (χ2v) is 6.23. The van der Waals surface area contributed by atoms with E-state index in [0.29, 0.717) is 0 Å². The van der Waals surface area contributed by atoms with Crippen LogP contribution in [0.3, 0.4) is 0 Å². The van der Waals surface area contributed by atoms with Gasteiger partial charge in [-0.25, -0.2) is 0 Å². The molecule has 102 valence electrons. The summed E-state index contributed by atoms with van der Waals surface area (Å²) in [6.45, 7) is 9.52. The fraction of sp³-hybridized carbons (Fsp3) is 1.00. The zero-order valence-electron chi connectivity index (χ0n) is 11.9. The Balaban J connectivity index is 2.34. The lowest BCUT2D eigenvalue weighted by Crippen LogP contribution is -2.42. The topological polar surface area (TPSA) is 15.3 Å². The number of nitrogens with zero attached hydrogens (tertiary/aromatic N) is 1. The van der Waals surface area contributed by atoms with Gasteiger partial charge in [0, 0.05) is 17.8 Å². The van der Waals surface area contributed by atoms with Gasteiger partial charge in [-0.15, -0.1) is 0 Å². The minimum Gasteiger partial charge on any atom is -0.315 e. The smallest absolute Gasteiger partial charge is 0.0218 e. The summed E-state index contributed by atoms with van der Waals surface area (Å²) in [4.78, 5) is 2.72. The molecule has 0 amide bonds. The molecular formula is C14H30N2S. The first-order valence-electron chi connectivity index (χ1n) is 7.29. The molecule has 0 aromatic heterocycles. The molecule has 0 aromatic carbocycles. The summed E-state index contributed by atoms with van der Waals surface area (Å²) in [6, 6.07) is 0.752. The summed E-state index contributed by atoms with van der Waals surface area (Å²) in [5.41, 5.74) is 0. The summed E-state index contributed by atoms with van der Waals surface area (Å²) in [7, 11) is 0. The molecule has 1 aliphatic heterocycles. The zero-order valence-corrected chi connectivity index (χ0v) is 12.7. The highest BCUT2D eigenvalue weighted by molar-refractivity contribution is 7.99. The van der Waals surface area contributed by atoms with Crippen LogP contribution in [0.5, 0.6) is 0 Å². The van der Waals surface area contributed by atoms with Crippen molar-refractivity contribution in [3.63, 3.8) is 0 Å². The standard InChI is InChI=1S/C14H30N2S/c1-4-9-15-12-13(5-2)16-10-6-7-14(17-3)8-11-16/h13-15H,4-12H2,1-3H3. The van der Waals surface area contributed by atoms with Gasteiger partial charge < -0.3 is 5.32 Å². The van der Waals surface area contributed by atoms with Gasteiger partial charge in [-0.2, -0.15) is 11.8 Å². The molecule has 2 atom stereocenters. The molecule has 1 heterocycles. The second-order valence-electron chi connectivity index (χ2n) is 5.09. The SMILES string of the molecule is CCCNCC(CC)N1CCCC(SC)CC1. The number of hydrogen-bond donors (Lipinski definition) is 1. The van der Waals surface area contributed by atoms with Crippen molar-refractivity contribution >= 4 is 11.8 Å². The molecule has 2 nitrogen and oxygen atoms in total. The Bertz CT molecular complexity index is 187. The van der Waals surface area contributed by atoms with Crippen molar-refractivity contribution in [2.75, 3.05) is 32.4 Å². The third kappa shape index (κ3) is 5.62. The van der Waals surface area contributed by atoms with Crippen molar-refractivity contribution in [2.45, 2.75) is 57.2 Å². The van der Waals surface area contributed by atoms with Crippen molar-refractivity contribution in [1.29, 1.82) is 0 Å². The van der Waals surface area contributed by atoms with E-state index in [0.717, 1.165) is 17.8 Å². The van der Waals surface area contributed by atoms with Crippen molar-refractivity contribution in [1.82, 2.24) is 10.2 Å². The van der Waals surface area contributed by atoms with Crippen molar-refractivity contribution in [3.8, 4) is 0 Å². The Morgan fingerprint density at radius 1 is 1.29 bits per heavy atom. The van der Waals surface area contributed by atoms with E-state index in [1.54, 1.807) is 0 Å². The van der Waals surface area contributed by atoms with E-state index < -0.39 is 0 Å². The van der Waals surface area contributed by atoms with Gasteiger partial charge in [0.2, 0.25) is 0 Å². The number of likely N-dealkylation sites (tertiary alicyclic amines) is 1. The maximum absolute atomic E-state index is 3.58. The molecule has 1 rings (SSSR count). The van der Waals surface area contributed by atoms with Crippen LogP contribution >= 0.6 is 11.8 Å². The Morgan fingerprint density at radius 3 is 2.76 bits per heavy atom. The largest absolute Gasteiger partial charge is 0.315 e. The normalized spacial score (nSPS) is 24.5. The van der Waals surface area contributed by atoms with Gasteiger partial charge in [-0.3, -0.25) is 4.90 Å². The number of nitrogens with one attached hydrogen (secondary N) is 1. The fourth-order valence-electron chi connectivity index (χ4n) is 2.67. The molecule has 1 saturated heterocycles. The Morgan fingerprint density at radius 2 is 2.12 bits per heavy atom. The molecule has 1 aliphatic rings. The first-order valence-corrected chi connectivity index (χ1v) is 8.58. The Hall–Kier alpha value is 0.270. The lowest BCUT2D eigenvalue weighted by atomic mass is 10.1. The monoisotopic (exact) mass is 258 g/mol. The number of thioether (sulfide) groups is 1. The van der Waals surface area contributed by atoms with Crippen molar-refractivity contribution in [2.24, 2.45) is 0 Å². The minimum absolute atomic E-state index is 0.752. The maximum Gasteiger partial charge on any atom is 0.0218 e. The van der Waals surface area contributed by atoms with Gasteiger partial charge >= 0.3 is 0 Å². The summed E-state index contributed by atoms with van der Waals surface area (Å²) in [5.74, 6) is 0. The van der Waals surface area contributed by atoms with Crippen LogP contribution in [-0.2, 0) is 0 Å². The van der Waals surface area contributed by atoms with Crippen LogP contribution in [0, 0.1) is 0 Å². The average Bonchev–Trinajstić information content (AvgIpc) is 2.60. The van der Waals surface area contributed by atoms with Crippen LogP contribution in [-0.4, -0.2) is 48.6 Å². The van der Waals surface area contributed by atoms with Gasteiger partial charge in [-0.1, -0.05) is 13.8 Å². The van der Waals surface area contributed by atoms with Crippen LogP contribution in [0.15, 0.2) is 0 Å². The molecule has 3 heteroatoms. The van der Waals surface area contributed by atoms with Crippen molar-refractivity contribution < 1.29 is 0 Å². The summed E-state index contributed by atoms with van der Waals surface area (Å²) >= 11 is 2.06. The second kappa shape index (κ2) is 9.23. The quantitative estimate of drug-likeness (QED) is 0.707. The molecular weight excluding hydrogens is 228 g/mol. The predicted octanol–water partition coefficient (Wildman–Crippen LogP) is 2.98. The number of hydrogen-bond acceptors (Lipinski definition) is 3. The van der Waals surface area contributed by atoms with Crippen molar-refractivity contribution in [3.05, 3.63) is 0 Å². The Labute approximate surface area is 112 Å². The maximum atomic E-state index is 3.58. The third-order valence-corrected chi connectivity index (χ3v) is 4.98. The lowest BCUT2D eigenvalue weighted by molar-refractivity contribution is 0.194. The summed E-state index contributed by atoms with van der Waals surface area (Å²) < 4.78 is 0. The van der Waals surface area contributed by atoms with Gasteiger partial charge in [0.15, 0.2) is 0 Å². The summed E-state index contributed by atoms with van der Waals surface area (Å²) in [5, 5.41) is 4.49. The molecule has 17 heavy (non-hydrogen) atoms. The molecule has 2 unspecified atom stereocenters. The van der Waals surface area contributed by atoms with E-state index in [-0.39, 0.29) is 0 Å². The predicted molar refractivity (Wildman–Crippen MR) is 80.0 cm³/mol. The molecule has 0 aromatic rings. The van der Waals surface area contributed by atoms with Crippen LogP contribution in [0.25, 0.3) is 0 Å². The van der Waals surface area contributed by atoms with E-state index in [1.807, 2.05) is 0 Å². The number of rotatable bonds is 7. The molecule has 0 bridgehead atoms. The molecule has 0 spiro atoms. The van der Waals surface area contributed by atoms with E-state index in [4.69, 9.17) is 0 Å². The third-order valence-electron chi connectivity index (χ3n) is 3.84. The van der Waals surface area contributed by atoms with Crippen LogP contribution in [0.1, 0.15) is 46.0 Å². The molecule has 0 aliphatic carbocycles. The first-order chi connectivity index (χ1) is 8.31. The van der Waals surface area contributed by atoms with E-state index in [9.17, 15) is 0 Å². The highest BCUT2D eigenvalue weighted by atomic mass is 32.2. The van der Waals surface area contributed by atoms with E-state index in [1.165, 1.54) is 51.7 Å². The highest BCUT2D eigenvalue weighted by Crippen LogP contribution is 2.22. The van der Waals surface area contributed by atoms with Gasteiger partial charge in [0.05, 0.1) is 0 Å². The Kier molecular flexibility index (Phi) is 8.33. The fourth-order valence-corrected chi connectivity index (χ4v) is 3.41. The van der Waals surface area contributed by atoms with Crippen LogP contribution in [0.4, 0.5) is 0 Å². The van der Waals surface area contributed by atoms with Crippen LogP contribution < -0.4 is 5.32 Å². The zero-order chi connectivity index (χ0) is 12.5. The summed E-state index contributed by atoms with van der Waals surface area (Å²) in [6.07, 6.45) is 8.96. The highest BCUT2D eigenvalue weighted by Gasteiger charge is 2.21. The average molecular weight is 258 g/mol. The van der Waals surface area contributed by atoms with Gasteiger partial charge in [0.25, 0.3) is 0 Å².